The SMILES string of the molecule is CN(Cc1ccc(O)cc1)c1ccc(C(N)=S)cc1. The van der Waals surface area contributed by atoms with Gasteiger partial charge < -0.3 is 15.7 Å². The molecule has 19 heavy (non-hydrogen) atoms. The molecule has 0 spiro atoms. The van der Waals surface area contributed by atoms with Crippen LogP contribution in [0.2, 0.25) is 0 Å². The van der Waals surface area contributed by atoms with E-state index < -0.39 is 0 Å². The molecule has 0 aliphatic carbocycles. The van der Waals surface area contributed by atoms with Crippen LogP contribution in [0, 0.1) is 0 Å². The minimum absolute atomic E-state index is 0.284. The van der Waals surface area contributed by atoms with Crippen molar-refractivity contribution < 1.29 is 5.11 Å². The number of aromatic hydroxyl groups is 1. The summed E-state index contributed by atoms with van der Waals surface area (Å²) >= 11 is 4.93. The molecule has 2 rings (SSSR count). The second kappa shape index (κ2) is 5.71. The van der Waals surface area contributed by atoms with Crippen LogP contribution in [-0.2, 0) is 6.54 Å². The highest BCUT2D eigenvalue weighted by molar-refractivity contribution is 7.80. The highest BCUT2D eigenvalue weighted by Gasteiger charge is 2.03. The third-order valence-electron chi connectivity index (χ3n) is 2.95. The van der Waals surface area contributed by atoms with Crippen LogP contribution in [0.5, 0.6) is 5.75 Å². The summed E-state index contributed by atoms with van der Waals surface area (Å²) in [6.45, 7) is 0.771. The van der Waals surface area contributed by atoms with Gasteiger partial charge in [0.25, 0.3) is 0 Å². The van der Waals surface area contributed by atoms with Crippen LogP contribution in [0.4, 0.5) is 5.69 Å². The predicted octanol–water partition coefficient (Wildman–Crippen LogP) is 2.66. The second-order valence-electron chi connectivity index (χ2n) is 4.43. The number of nitrogens with two attached hydrogens (primary N) is 1. The third kappa shape index (κ3) is 3.45. The first kappa shape index (κ1) is 13.4. The van der Waals surface area contributed by atoms with E-state index in [1.807, 2.05) is 43.4 Å². The van der Waals surface area contributed by atoms with Gasteiger partial charge in [0.1, 0.15) is 10.7 Å². The Kier molecular flexibility index (Phi) is 4.02. The number of thiocarbonyl (C=S) groups is 1. The van der Waals surface area contributed by atoms with Gasteiger partial charge in [-0.2, -0.15) is 0 Å². The number of anilines is 1. The van der Waals surface area contributed by atoms with E-state index in [9.17, 15) is 5.11 Å². The molecule has 3 N–H and O–H groups in total. The van der Waals surface area contributed by atoms with E-state index in [1.165, 1.54) is 0 Å². The van der Waals surface area contributed by atoms with Gasteiger partial charge in [0.05, 0.1) is 0 Å². The van der Waals surface area contributed by atoms with Gasteiger partial charge >= 0.3 is 0 Å². The third-order valence-corrected chi connectivity index (χ3v) is 3.18. The normalized spacial score (nSPS) is 10.2. The Bertz CT molecular complexity index is 564. The molecule has 98 valence electrons. The Hall–Kier alpha value is -2.07. The van der Waals surface area contributed by atoms with Gasteiger partial charge in [-0.3, -0.25) is 0 Å². The number of hydrogen-bond acceptors (Lipinski definition) is 3. The van der Waals surface area contributed by atoms with Crippen molar-refractivity contribution in [3.05, 3.63) is 59.7 Å². The number of phenolic OH excluding ortho intramolecular Hbond substituents is 1. The van der Waals surface area contributed by atoms with E-state index >= 15 is 0 Å². The zero-order chi connectivity index (χ0) is 13.8. The van der Waals surface area contributed by atoms with E-state index in [0.29, 0.717) is 4.99 Å². The largest absolute Gasteiger partial charge is 0.508 e. The Morgan fingerprint density at radius 2 is 1.68 bits per heavy atom. The lowest BCUT2D eigenvalue weighted by Crippen LogP contribution is -2.16. The maximum Gasteiger partial charge on any atom is 0.115 e. The molecule has 0 saturated heterocycles. The van der Waals surface area contributed by atoms with Gasteiger partial charge in [-0.1, -0.05) is 24.4 Å². The van der Waals surface area contributed by atoms with Crippen molar-refractivity contribution in [3.8, 4) is 5.75 Å². The molecule has 0 amide bonds. The van der Waals surface area contributed by atoms with Gasteiger partial charge in [0.15, 0.2) is 0 Å². The van der Waals surface area contributed by atoms with Crippen LogP contribution < -0.4 is 10.6 Å². The van der Waals surface area contributed by atoms with Crippen molar-refractivity contribution in [3.63, 3.8) is 0 Å². The van der Waals surface area contributed by atoms with Gasteiger partial charge in [-0.25, -0.2) is 0 Å². The standard InChI is InChI=1S/C15H16N2OS/c1-17(10-11-2-8-14(18)9-3-11)13-6-4-12(5-7-13)15(16)19/h2-9,18H,10H2,1H3,(H2,16,19). The van der Waals surface area contributed by atoms with Crippen LogP contribution in [0.3, 0.4) is 0 Å². The molecule has 0 aliphatic rings. The van der Waals surface area contributed by atoms with Crippen LogP contribution in [0.1, 0.15) is 11.1 Å². The lowest BCUT2D eigenvalue weighted by molar-refractivity contribution is 0.475. The first-order valence-electron chi connectivity index (χ1n) is 5.95. The van der Waals surface area contributed by atoms with Crippen LogP contribution in [0.15, 0.2) is 48.5 Å². The molecule has 0 saturated carbocycles. The molecule has 0 unspecified atom stereocenters. The van der Waals surface area contributed by atoms with Gasteiger partial charge in [0.2, 0.25) is 0 Å². The molecule has 3 nitrogen and oxygen atoms in total. The summed E-state index contributed by atoms with van der Waals surface area (Å²) in [6.07, 6.45) is 0. The topological polar surface area (TPSA) is 49.5 Å². The van der Waals surface area contributed by atoms with E-state index in [-0.39, 0.29) is 5.75 Å². The average molecular weight is 272 g/mol. The van der Waals surface area contributed by atoms with Crippen molar-refractivity contribution >= 4 is 22.9 Å². The molecule has 0 heterocycles. The fourth-order valence-corrected chi connectivity index (χ4v) is 1.98. The number of benzene rings is 2. The summed E-state index contributed by atoms with van der Waals surface area (Å²) in [5, 5.41) is 9.25. The maximum atomic E-state index is 9.25. The molecule has 0 atom stereocenters. The number of hydrogen-bond donors (Lipinski definition) is 2. The van der Waals surface area contributed by atoms with E-state index in [2.05, 4.69) is 4.90 Å². The summed E-state index contributed by atoms with van der Waals surface area (Å²) in [7, 11) is 2.02. The summed E-state index contributed by atoms with van der Waals surface area (Å²) in [4.78, 5) is 2.53. The first-order valence-corrected chi connectivity index (χ1v) is 6.36. The van der Waals surface area contributed by atoms with Crippen molar-refractivity contribution in [2.45, 2.75) is 6.54 Å². The van der Waals surface area contributed by atoms with E-state index in [0.717, 1.165) is 23.4 Å². The molecule has 4 heteroatoms. The Balaban J connectivity index is 2.09. The van der Waals surface area contributed by atoms with E-state index in [4.69, 9.17) is 18.0 Å². The highest BCUT2D eigenvalue weighted by Crippen LogP contribution is 2.17. The quantitative estimate of drug-likeness (QED) is 0.840. The first-order chi connectivity index (χ1) is 9.06. The lowest BCUT2D eigenvalue weighted by atomic mass is 10.1. The van der Waals surface area contributed by atoms with E-state index in [1.54, 1.807) is 12.1 Å². The van der Waals surface area contributed by atoms with Gasteiger partial charge in [-0.15, -0.1) is 0 Å². The summed E-state index contributed by atoms with van der Waals surface area (Å²) in [6, 6.07) is 15.0. The molecule has 2 aromatic carbocycles. The van der Waals surface area contributed by atoms with Crippen LogP contribution in [0.25, 0.3) is 0 Å². The molecule has 0 aromatic heterocycles. The molecule has 0 fully saturated rings. The molecule has 0 bridgehead atoms. The van der Waals surface area contributed by atoms with Crippen LogP contribution >= 0.6 is 12.2 Å². The fraction of sp³-hybridized carbons (Fsp3) is 0.133. The van der Waals surface area contributed by atoms with Gasteiger partial charge in [0, 0.05) is 24.8 Å². The Morgan fingerprint density at radius 1 is 1.11 bits per heavy atom. The zero-order valence-corrected chi connectivity index (χ0v) is 11.5. The molecule has 2 aromatic rings. The fourth-order valence-electron chi connectivity index (χ4n) is 1.85. The maximum absolute atomic E-state index is 9.25. The lowest BCUT2D eigenvalue weighted by Gasteiger charge is -2.19. The van der Waals surface area contributed by atoms with Crippen molar-refractivity contribution in [2.24, 2.45) is 5.73 Å². The Morgan fingerprint density at radius 3 is 2.21 bits per heavy atom. The van der Waals surface area contributed by atoms with Crippen LogP contribution in [-0.4, -0.2) is 17.1 Å². The smallest absolute Gasteiger partial charge is 0.115 e. The van der Waals surface area contributed by atoms with Crippen molar-refractivity contribution in [1.29, 1.82) is 0 Å². The Labute approximate surface area is 118 Å². The highest BCUT2D eigenvalue weighted by atomic mass is 32.1. The molecular weight excluding hydrogens is 256 g/mol. The molecular formula is C15H16N2OS. The van der Waals surface area contributed by atoms with Gasteiger partial charge in [-0.05, 0) is 42.0 Å². The zero-order valence-electron chi connectivity index (χ0n) is 10.7. The van der Waals surface area contributed by atoms with Crippen molar-refractivity contribution in [2.75, 3.05) is 11.9 Å². The number of nitrogens with zero attached hydrogens (tertiary/aromatic N) is 1. The molecule has 0 aliphatic heterocycles. The average Bonchev–Trinajstić information content (AvgIpc) is 2.41. The molecule has 0 radical (unpaired) electrons. The monoisotopic (exact) mass is 272 g/mol. The minimum Gasteiger partial charge on any atom is -0.508 e. The summed E-state index contributed by atoms with van der Waals surface area (Å²) < 4.78 is 0. The summed E-state index contributed by atoms with van der Waals surface area (Å²) in [5.74, 6) is 0.284. The predicted molar refractivity (Wildman–Crippen MR) is 82.5 cm³/mol. The van der Waals surface area contributed by atoms with Crippen molar-refractivity contribution in [1.82, 2.24) is 0 Å². The second-order valence-corrected chi connectivity index (χ2v) is 4.87. The minimum atomic E-state index is 0.284. The number of rotatable bonds is 4. The summed E-state index contributed by atoms with van der Waals surface area (Å²) in [5.41, 5.74) is 8.67. The number of phenols is 1.